The Balaban J connectivity index is 2.15. The van der Waals surface area contributed by atoms with E-state index in [0.29, 0.717) is 6.04 Å². The summed E-state index contributed by atoms with van der Waals surface area (Å²) >= 11 is 0. The maximum Gasteiger partial charge on any atom is 0.0692 e. The van der Waals surface area contributed by atoms with E-state index in [4.69, 9.17) is 0 Å². The summed E-state index contributed by atoms with van der Waals surface area (Å²) in [6.45, 7) is 1.00. The zero-order chi connectivity index (χ0) is 6.55. The van der Waals surface area contributed by atoms with Crippen LogP contribution in [0.1, 0.15) is 18.2 Å². The quantitative estimate of drug-likeness (QED) is 0.554. The first kappa shape index (κ1) is 4.91. The van der Waals surface area contributed by atoms with Gasteiger partial charge in [0.05, 0.1) is 11.7 Å². The minimum absolute atomic E-state index is 0.679. The summed E-state index contributed by atoms with van der Waals surface area (Å²) < 4.78 is 2.15. The van der Waals surface area contributed by atoms with Crippen molar-refractivity contribution in [2.75, 3.05) is 0 Å². The highest BCUT2D eigenvalue weighted by Gasteiger charge is 2.42. The number of nitrogens with zero attached hydrogens (tertiary/aromatic N) is 2. The van der Waals surface area contributed by atoms with Crippen LogP contribution in [0.2, 0.25) is 0 Å². The summed E-state index contributed by atoms with van der Waals surface area (Å²) in [6.07, 6.45) is 3.16. The van der Waals surface area contributed by atoms with Crippen molar-refractivity contribution in [3.05, 3.63) is 18.0 Å². The van der Waals surface area contributed by atoms with Crippen molar-refractivity contribution < 1.29 is 0 Å². The standard InChI is InChI=1S/C7H9N3/c1-2-9-10-5(1)4-8-6-3-7(6)10/h1-2,6-8H,3-4H2. The summed E-state index contributed by atoms with van der Waals surface area (Å²) in [7, 11) is 0. The zero-order valence-electron chi connectivity index (χ0n) is 5.62. The Hall–Kier alpha value is -0.830. The number of aromatic nitrogens is 2. The van der Waals surface area contributed by atoms with Crippen LogP contribution in [0, 0.1) is 0 Å². The lowest BCUT2D eigenvalue weighted by Crippen LogP contribution is -2.26. The van der Waals surface area contributed by atoms with Crippen LogP contribution in [0.3, 0.4) is 0 Å². The highest BCUT2D eigenvalue weighted by molar-refractivity contribution is 5.12. The number of hydrogen-bond acceptors (Lipinski definition) is 2. The normalized spacial score (nSPS) is 34.8. The molecule has 1 aromatic heterocycles. The Morgan fingerprint density at radius 3 is 3.70 bits per heavy atom. The zero-order valence-corrected chi connectivity index (χ0v) is 5.62. The van der Waals surface area contributed by atoms with Gasteiger partial charge in [-0.2, -0.15) is 5.10 Å². The van der Waals surface area contributed by atoms with Crippen LogP contribution in [0.5, 0.6) is 0 Å². The Kier molecular flexibility index (Phi) is 0.699. The maximum atomic E-state index is 4.26. The molecule has 0 saturated heterocycles. The smallest absolute Gasteiger partial charge is 0.0692 e. The van der Waals surface area contributed by atoms with Gasteiger partial charge >= 0.3 is 0 Å². The van der Waals surface area contributed by atoms with E-state index in [9.17, 15) is 0 Å². The first-order valence-corrected chi connectivity index (χ1v) is 3.71. The molecule has 1 fully saturated rings. The first-order chi connectivity index (χ1) is 4.95. The van der Waals surface area contributed by atoms with Crippen LogP contribution < -0.4 is 5.32 Å². The summed E-state index contributed by atoms with van der Waals surface area (Å²) in [5.74, 6) is 0. The third kappa shape index (κ3) is 0.467. The second-order valence-electron chi connectivity index (χ2n) is 3.06. The Labute approximate surface area is 59.0 Å². The third-order valence-electron chi connectivity index (χ3n) is 2.37. The molecule has 2 aliphatic rings. The van der Waals surface area contributed by atoms with Crippen molar-refractivity contribution in [3.63, 3.8) is 0 Å². The van der Waals surface area contributed by atoms with E-state index in [1.807, 2.05) is 6.20 Å². The van der Waals surface area contributed by atoms with E-state index in [0.717, 1.165) is 12.6 Å². The number of hydrogen-bond donors (Lipinski definition) is 1. The second kappa shape index (κ2) is 1.42. The van der Waals surface area contributed by atoms with Gasteiger partial charge in [-0.3, -0.25) is 4.68 Å². The van der Waals surface area contributed by atoms with E-state index in [-0.39, 0.29) is 0 Å². The molecule has 2 heterocycles. The van der Waals surface area contributed by atoms with E-state index >= 15 is 0 Å². The fourth-order valence-corrected chi connectivity index (χ4v) is 1.69. The van der Waals surface area contributed by atoms with Gasteiger partial charge in [-0.1, -0.05) is 0 Å². The van der Waals surface area contributed by atoms with Crippen molar-refractivity contribution in [2.24, 2.45) is 0 Å². The molecular weight excluding hydrogens is 126 g/mol. The Bertz CT molecular complexity index is 266. The average Bonchev–Trinajstić information content (AvgIpc) is 2.60. The predicted molar refractivity (Wildman–Crippen MR) is 36.5 cm³/mol. The van der Waals surface area contributed by atoms with Gasteiger partial charge in [0, 0.05) is 18.8 Å². The van der Waals surface area contributed by atoms with Gasteiger partial charge < -0.3 is 5.32 Å². The lowest BCUT2D eigenvalue weighted by Gasteiger charge is -2.13. The van der Waals surface area contributed by atoms with Crippen LogP contribution >= 0.6 is 0 Å². The monoisotopic (exact) mass is 135 g/mol. The summed E-state index contributed by atoms with van der Waals surface area (Å²) in [5.41, 5.74) is 1.33. The van der Waals surface area contributed by atoms with Crippen molar-refractivity contribution in [1.29, 1.82) is 0 Å². The van der Waals surface area contributed by atoms with Crippen LogP contribution in [0.15, 0.2) is 12.3 Å². The predicted octanol–water partition coefficient (Wildman–Crippen LogP) is 0.300. The Morgan fingerprint density at radius 1 is 1.70 bits per heavy atom. The lowest BCUT2D eigenvalue weighted by atomic mass is 10.3. The molecule has 1 aliphatic carbocycles. The third-order valence-corrected chi connectivity index (χ3v) is 2.37. The first-order valence-electron chi connectivity index (χ1n) is 3.71. The lowest BCUT2D eigenvalue weighted by molar-refractivity contribution is 0.488. The van der Waals surface area contributed by atoms with Gasteiger partial charge in [0.25, 0.3) is 0 Å². The fourth-order valence-electron chi connectivity index (χ4n) is 1.69. The Morgan fingerprint density at radius 2 is 2.70 bits per heavy atom. The topological polar surface area (TPSA) is 29.9 Å². The van der Waals surface area contributed by atoms with E-state index < -0.39 is 0 Å². The summed E-state index contributed by atoms with van der Waals surface area (Å²) in [6, 6.07) is 3.49. The van der Waals surface area contributed by atoms with Gasteiger partial charge in [-0.15, -0.1) is 0 Å². The molecule has 0 amide bonds. The molecule has 3 nitrogen and oxygen atoms in total. The minimum Gasteiger partial charge on any atom is -0.306 e. The molecule has 0 radical (unpaired) electrons. The molecule has 2 unspecified atom stereocenters. The van der Waals surface area contributed by atoms with Gasteiger partial charge in [0.2, 0.25) is 0 Å². The van der Waals surface area contributed by atoms with Crippen molar-refractivity contribution >= 4 is 0 Å². The SMILES string of the molecule is c1cc2n(n1)C1CC1NC2. The van der Waals surface area contributed by atoms with E-state index in [1.54, 1.807) is 0 Å². The number of rotatable bonds is 0. The molecule has 10 heavy (non-hydrogen) atoms. The molecule has 3 heteroatoms. The average molecular weight is 135 g/mol. The molecule has 3 rings (SSSR count). The van der Waals surface area contributed by atoms with Gasteiger partial charge in [0.15, 0.2) is 0 Å². The van der Waals surface area contributed by atoms with Crippen molar-refractivity contribution in [2.45, 2.75) is 25.0 Å². The van der Waals surface area contributed by atoms with Gasteiger partial charge in [-0.25, -0.2) is 0 Å². The largest absolute Gasteiger partial charge is 0.306 e. The van der Waals surface area contributed by atoms with Crippen LogP contribution in [0.4, 0.5) is 0 Å². The van der Waals surface area contributed by atoms with Crippen LogP contribution in [-0.2, 0) is 6.54 Å². The van der Waals surface area contributed by atoms with Crippen molar-refractivity contribution in [1.82, 2.24) is 15.1 Å². The van der Waals surface area contributed by atoms with E-state index in [1.165, 1.54) is 12.1 Å². The molecule has 1 aliphatic heterocycles. The molecule has 1 aromatic rings. The molecule has 1 saturated carbocycles. The summed E-state index contributed by atoms with van der Waals surface area (Å²) in [4.78, 5) is 0. The second-order valence-corrected chi connectivity index (χ2v) is 3.06. The van der Waals surface area contributed by atoms with Crippen molar-refractivity contribution in [3.8, 4) is 0 Å². The number of nitrogens with one attached hydrogen (secondary N) is 1. The molecule has 0 spiro atoms. The molecule has 0 aromatic carbocycles. The van der Waals surface area contributed by atoms with Gasteiger partial charge in [-0.05, 0) is 12.5 Å². The minimum atomic E-state index is 0.679. The maximum absolute atomic E-state index is 4.26. The molecule has 0 bridgehead atoms. The van der Waals surface area contributed by atoms with Crippen LogP contribution in [-0.4, -0.2) is 15.8 Å². The molecule has 2 atom stereocenters. The number of fused-ring (bicyclic) bond motifs is 3. The highest BCUT2D eigenvalue weighted by Crippen LogP contribution is 2.38. The summed E-state index contributed by atoms with van der Waals surface area (Å²) in [5, 5.41) is 7.69. The molecule has 52 valence electrons. The highest BCUT2D eigenvalue weighted by atomic mass is 15.4. The van der Waals surface area contributed by atoms with E-state index in [2.05, 4.69) is 21.2 Å². The fraction of sp³-hybridized carbons (Fsp3) is 0.571. The molecular formula is C7H9N3. The molecule has 1 N–H and O–H groups in total. The van der Waals surface area contributed by atoms with Gasteiger partial charge in [0.1, 0.15) is 0 Å². The van der Waals surface area contributed by atoms with Crippen LogP contribution in [0.25, 0.3) is 0 Å².